The van der Waals surface area contributed by atoms with Crippen LogP contribution in [0.1, 0.15) is 57.6 Å². The maximum absolute atomic E-state index is 13.1. The average Bonchev–Trinajstić information content (AvgIpc) is 3.08. The maximum Gasteiger partial charge on any atom is 0.289 e. The highest BCUT2D eigenvalue weighted by Gasteiger charge is 2.24. The van der Waals surface area contributed by atoms with Gasteiger partial charge in [-0.05, 0) is 50.5 Å². The minimum absolute atomic E-state index is 0.193. The maximum atomic E-state index is 13.1. The molecule has 0 saturated carbocycles. The molecule has 3 aromatic rings. The van der Waals surface area contributed by atoms with E-state index >= 15 is 0 Å². The quantitative estimate of drug-likeness (QED) is 0.677. The van der Waals surface area contributed by atoms with Gasteiger partial charge in [0, 0.05) is 25.5 Å². The number of hydrogen-bond donors (Lipinski definition) is 1. The Bertz CT molecular complexity index is 1040. The number of benzene rings is 1. The van der Waals surface area contributed by atoms with E-state index in [1.54, 1.807) is 28.6 Å². The number of pyridine rings is 1. The van der Waals surface area contributed by atoms with Crippen molar-refractivity contribution < 1.29 is 9.59 Å². The number of nitrogens with zero attached hydrogens (tertiary/aromatic N) is 3. The van der Waals surface area contributed by atoms with Crippen LogP contribution in [0.15, 0.2) is 36.5 Å². The third kappa shape index (κ3) is 4.16. The van der Waals surface area contributed by atoms with Gasteiger partial charge in [0.2, 0.25) is 5.82 Å². The minimum atomic E-state index is -0.320. The van der Waals surface area contributed by atoms with Gasteiger partial charge in [-0.25, -0.2) is 4.98 Å². The summed E-state index contributed by atoms with van der Waals surface area (Å²) in [5.74, 6) is -0.262. The van der Waals surface area contributed by atoms with Crippen molar-refractivity contribution in [3.05, 3.63) is 64.7 Å². The van der Waals surface area contributed by atoms with E-state index in [0.29, 0.717) is 12.1 Å². The van der Waals surface area contributed by atoms with Crippen molar-refractivity contribution in [3.8, 4) is 0 Å². The minimum Gasteiger partial charge on any atom is -0.339 e. The molecular formula is C23H28N4O2. The van der Waals surface area contributed by atoms with Crippen LogP contribution in [-0.4, -0.2) is 39.7 Å². The average molecular weight is 393 g/mol. The molecule has 3 rings (SSSR count). The van der Waals surface area contributed by atoms with Crippen LogP contribution in [0.5, 0.6) is 0 Å². The van der Waals surface area contributed by atoms with E-state index in [9.17, 15) is 9.59 Å². The SMILES string of the molecule is CCCCN(C)C(=O)c1nc(C(=O)Nc2c(C)cc(C)cc2C)c2ccccn12. The number of amides is 2. The molecule has 0 bridgehead atoms. The molecule has 0 aliphatic heterocycles. The lowest BCUT2D eigenvalue weighted by molar-refractivity contribution is 0.0780. The molecule has 0 fully saturated rings. The Kier molecular flexibility index (Phi) is 6.01. The van der Waals surface area contributed by atoms with E-state index in [1.807, 2.05) is 45.0 Å². The lowest BCUT2D eigenvalue weighted by Gasteiger charge is -2.15. The molecule has 0 saturated heterocycles. The summed E-state index contributed by atoms with van der Waals surface area (Å²) in [4.78, 5) is 32.1. The molecule has 6 nitrogen and oxygen atoms in total. The summed E-state index contributed by atoms with van der Waals surface area (Å²) in [6, 6.07) is 9.54. The second-order valence-electron chi connectivity index (χ2n) is 7.55. The van der Waals surface area contributed by atoms with Crippen molar-refractivity contribution in [2.24, 2.45) is 0 Å². The number of fused-ring (bicyclic) bond motifs is 1. The first-order valence-corrected chi connectivity index (χ1v) is 9.95. The Morgan fingerprint density at radius 3 is 2.48 bits per heavy atom. The van der Waals surface area contributed by atoms with Crippen molar-refractivity contribution in [3.63, 3.8) is 0 Å². The summed E-state index contributed by atoms with van der Waals surface area (Å²) in [6.07, 6.45) is 3.69. The van der Waals surface area contributed by atoms with E-state index in [2.05, 4.69) is 17.2 Å². The lowest BCUT2D eigenvalue weighted by atomic mass is 10.0. The fourth-order valence-corrected chi connectivity index (χ4v) is 3.57. The predicted molar refractivity (Wildman–Crippen MR) is 116 cm³/mol. The number of aromatic nitrogens is 2. The number of aryl methyl sites for hydroxylation is 3. The monoisotopic (exact) mass is 392 g/mol. The number of carbonyl (C=O) groups is 2. The second kappa shape index (κ2) is 8.47. The smallest absolute Gasteiger partial charge is 0.289 e. The number of imidazole rings is 1. The molecule has 1 aromatic carbocycles. The molecule has 152 valence electrons. The van der Waals surface area contributed by atoms with Gasteiger partial charge in [0.1, 0.15) is 0 Å². The summed E-state index contributed by atoms with van der Waals surface area (Å²) >= 11 is 0. The standard InChI is InChI=1S/C23H28N4O2/c1-6-7-11-26(5)23(29)21-24-20(18-10-8-9-12-27(18)21)22(28)25-19-16(3)13-15(2)14-17(19)4/h8-10,12-14H,6-7,11H2,1-5H3,(H,25,28). The van der Waals surface area contributed by atoms with E-state index in [1.165, 1.54) is 0 Å². The van der Waals surface area contributed by atoms with Crippen LogP contribution in [0.4, 0.5) is 5.69 Å². The van der Waals surface area contributed by atoms with Crippen LogP contribution < -0.4 is 5.32 Å². The fourth-order valence-electron chi connectivity index (χ4n) is 3.57. The number of nitrogens with one attached hydrogen (secondary N) is 1. The van der Waals surface area contributed by atoms with Crippen molar-refractivity contribution >= 4 is 23.0 Å². The zero-order chi connectivity index (χ0) is 21.1. The zero-order valence-electron chi connectivity index (χ0n) is 17.7. The van der Waals surface area contributed by atoms with Crippen molar-refractivity contribution in [1.82, 2.24) is 14.3 Å². The molecule has 1 N–H and O–H groups in total. The van der Waals surface area contributed by atoms with E-state index in [0.717, 1.165) is 35.2 Å². The Morgan fingerprint density at radius 2 is 1.83 bits per heavy atom. The van der Waals surface area contributed by atoms with Gasteiger partial charge in [-0.3, -0.25) is 14.0 Å². The molecule has 0 unspecified atom stereocenters. The molecular weight excluding hydrogens is 364 g/mol. The lowest BCUT2D eigenvalue weighted by Crippen LogP contribution is -2.29. The van der Waals surface area contributed by atoms with Crippen molar-refractivity contribution in [1.29, 1.82) is 0 Å². The Balaban J connectivity index is 1.98. The van der Waals surface area contributed by atoms with E-state index in [4.69, 9.17) is 0 Å². The first kappa shape index (κ1) is 20.6. The van der Waals surface area contributed by atoms with Gasteiger partial charge in [-0.2, -0.15) is 0 Å². The first-order chi connectivity index (χ1) is 13.8. The molecule has 2 aromatic heterocycles. The van der Waals surface area contributed by atoms with Gasteiger partial charge in [-0.1, -0.05) is 37.1 Å². The highest BCUT2D eigenvalue weighted by atomic mass is 16.2. The third-order valence-corrected chi connectivity index (χ3v) is 5.06. The number of anilines is 1. The number of hydrogen-bond acceptors (Lipinski definition) is 3. The summed E-state index contributed by atoms with van der Waals surface area (Å²) < 4.78 is 1.69. The fraction of sp³-hybridized carbons (Fsp3) is 0.348. The third-order valence-electron chi connectivity index (χ3n) is 5.06. The predicted octanol–water partition coefficient (Wildman–Crippen LogP) is 4.38. The molecule has 0 aliphatic carbocycles. The normalized spacial score (nSPS) is 10.9. The van der Waals surface area contributed by atoms with Crippen molar-refractivity contribution in [2.45, 2.75) is 40.5 Å². The molecule has 0 spiro atoms. The topological polar surface area (TPSA) is 66.7 Å². The van der Waals surface area contributed by atoms with Gasteiger partial charge in [0.15, 0.2) is 5.69 Å². The highest BCUT2D eigenvalue weighted by molar-refractivity contribution is 6.09. The van der Waals surface area contributed by atoms with Crippen LogP contribution in [0, 0.1) is 20.8 Å². The molecule has 0 radical (unpaired) electrons. The zero-order valence-corrected chi connectivity index (χ0v) is 17.7. The molecule has 2 heterocycles. The molecule has 29 heavy (non-hydrogen) atoms. The van der Waals surface area contributed by atoms with E-state index < -0.39 is 0 Å². The Hall–Kier alpha value is -3.15. The van der Waals surface area contributed by atoms with Gasteiger partial charge in [0.25, 0.3) is 11.8 Å². The largest absolute Gasteiger partial charge is 0.339 e. The van der Waals surface area contributed by atoms with Gasteiger partial charge in [-0.15, -0.1) is 0 Å². The first-order valence-electron chi connectivity index (χ1n) is 9.95. The Labute approximate surface area is 171 Å². The van der Waals surface area contributed by atoms with Gasteiger partial charge >= 0.3 is 0 Å². The van der Waals surface area contributed by atoms with Gasteiger partial charge < -0.3 is 10.2 Å². The number of carbonyl (C=O) groups excluding carboxylic acids is 2. The van der Waals surface area contributed by atoms with Crippen LogP contribution >= 0.6 is 0 Å². The van der Waals surface area contributed by atoms with E-state index in [-0.39, 0.29) is 23.3 Å². The summed E-state index contributed by atoms with van der Waals surface area (Å²) in [7, 11) is 1.76. The molecule has 2 amide bonds. The van der Waals surface area contributed by atoms with Gasteiger partial charge in [0.05, 0.1) is 5.52 Å². The van der Waals surface area contributed by atoms with Crippen molar-refractivity contribution in [2.75, 3.05) is 18.9 Å². The summed E-state index contributed by atoms with van der Waals surface area (Å²) in [6.45, 7) is 8.71. The number of rotatable bonds is 6. The van der Waals surface area contributed by atoms with Crippen LogP contribution in [0.2, 0.25) is 0 Å². The summed E-state index contributed by atoms with van der Waals surface area (Å²) in [5, 5.41) is 2.99. The second-order valence-corrected chi connectivity index (χ2v) is 7.55. The van der Waals surface area contributed by atoms with Crippen LogP contribution in [0.3, 0.4) is 0 Å². The molecule has 0 aliphatic rings. The summed E-state index contributed by atoms with van der Waals surface area (Å²) in [5.41, 5.74) is 4.78. The van der Waals surface area contributed by atoms with Crippen LogP contribution in [0.25, 0.3) is 5.52 Å². The Morgan fingerprint density at radius 1 is 1.14 bits per heavy atom. The molecule has 6 heteroatoms. The molecule has 0 atom stereocenters. The highest BCUT2D eigenvalue weighted by Crippen LogP contribution is 2.23. The number of unbranched alkanes of at least 4 members (excludes halogenated alkanes) is 1. The van der Waals surface area contributed by atoms with Crippen LogP contribution in [-0.2, 0) is 0 Å².